The van der Waals surface area contributed by atoms with Gasteiger partial charge in [-0.3, -0.25) is 4.79 Å². The summed E-state index contributed by atoms with van der Waals surface area (Å²) in [4.78, 5) is 12.1. The summed E-state index contributed by atoms with van der Waals surface area (Å²) < 4.78 is 6.20. The Morgan fingerprint density at radius 3 is 3.00 bits per heavy atom. The maximum absolute atomic E-state index is 12.1. The summed E-state index contributed by atoms with van der Waals surface area (Å²) in [5.74, 6) is -0.0927. The van der Waals surface area contributed by atoms with Gasteiger partial charge in [0.15, 0.2) is 0 Å². The zero-order valence-electron chi connectivity index (χ0n) is 9.43. The number of nitrogens with one attached hydrogen (secondary N) is 1. The SMILES string of the molecule is CC1(NC(=O)c2cc(Cl)ccc2I)CCOC1. The van der Waals surface area contributed by atoms with Crippen LogP contribution >= 0.6 is 34.2 Å². The van der Waals surface area contributed by atoms with Crippen molar-refractivity contribution in [3.05, 3.63) is 32.4 Å². The number of carbonyl (C=O) groups is 1. The average molecular weight is 366 g/mol. The Hall–Kier alpha value is -0.330. The van der Waals surface area contributed by atoms with Gasteiger partial charge in [0, 0.05) is 15.2 Å². The van der Waals surface area contributed by atoms with Crippen LogP contribution in [0.4, 0.5) is 0 Å². The Bertz CT molecular complexity index is 444. The second-order valence-electron chi connectivity index (χ2n) is 4.44. The minimum absolute atomic E-state index is 0.0927. The lowest BCUT2D eigenvalue weighted by molar-refractivity contribution is 0.0889. The number of halogens is 2. The molecule has 1 atom stereocenters. The zero-order valence-corrected chi connectivity index (χ0v) is 12.3. The van der Waals surface area contributed by atoms with Gasteiger partial charge in [-0.2, -0.15) is 0 Å². The van der Waals surface area contributed by atoms with E-state index in [0.29, 0.717) is 23.8 Å². The molecule has 1 amide bonds. The number of carbonyl (C=O) groups excluding carboxylic acids is 1. The predicted octanol–water partition coefficient (Wildman–Crippen LogP) is 2.85. The molecule has 1 N–H and O–H groups in total. The summed E-state index contributed by atoms with van der Waals surface area (Å²) in [6.07, 6.45) is 0.843. The van der Waals surface area contributed by atoms with Crippen molar-refractivity contribution >= 4 is 40.1 Å². The van der Waals surface area contributed by atoms with Gasteiger partial charge in [0.25, 0.3) is 5.91 Å². The molecule has 1 fully saturated rings. The molecule has 1 aromatic carbocycles. The van der Waals surface area contributed by atoms with Crippen LogP contribution in [0.15, 0.2) is 18.2 Å². The van der Waals surface area contributed by atoms with E-state index in [1.807, 2.05) is 13.0 Å². The van der Waals surface area contributed by atoms with Crippen molar-refractivity contribution in [1.82, 2.24) is 5.32 Å². The normalized spacial score (nSPS) is 23.7. The molecule has 1 saturated heterocycles. The third-order valence-electron chi connectivity index (χ3n) is 2.81. The van der Waals surface area contributed by atoms with Gasteiger partial charge in [-0.05, 0) is 54.1 Å². The van der Waals surface area contributed by atoms with Gasteiger partial charge in [-0.1, -0.05) is 11.6 Å². The lowest BCUT2D eigenvalue weighted by Gasteiger charge is -2.23. The van der Waals surface area contributed by atoms with E-state index in [4.69, 9.17) is 16.3 Å². The van der Waals surface area contributed by atoms with Gasteiger partial charge in [0.05, 0.1) is 17.7 Å². The van der Waals surface area contributed by atoms with E-state index in [9.17, 15) is 4.79 Å². The minimum atomic E-state index is -0.261. The van der Waals surface area contributed by atoms with E-state index in [2.05, 4.69) is 27.9 Å². The highest BCUT2D eigenvalue weighted by atomic mass is 127. The molecule has 0 radical (unpaired) electrons. The smallest absolute Gasteiger partial charge is 0.252 e. The highest BCUT2D eigenvalue weighted by Gasteiger charge is 2.31. The molecule has 17 heavy (non-hydrogen) atoms. The fourth-order valence-electron chi connectivity index (χ4n) is 1.78. The molecule has 5 heteroatoms. The van der Waals surface area contributed by atoms with Gasteiger partial charge in [0.1, 0.15) is 0 Å². The van der Waals surface area contributed by atoms with Crippen LogP contribution < -0.4 is 5.32 Å². The van der Waals surface area contributed by atoms with Crippen LogP contribution in [0.5, 0.6) is 0 Å². The van der Waals surface area contributed by atoms with Gasteiger partial charge in [-0.25, -0.2) is 0 Å². The molecule has 0 aromatic heterocycles. The second-order valence-corrected chi connectivity index (χ2v) is 6.04. The average Bonchev–Trinajstić information content (AvgIpc) is 2.68. The van der Waals surface area contributed by atoms with Crippen molar-refractivity contribution in [2.24, 2.45) is 0 Å². The maximum Gasteiger partial charge on any atom is 0.252 e. The predicted molar refractivity (Wildman–Crippen MR) is 75.5 cm³/mol. The van der Waals surface area contributed by atoms with Gasteiger partial charge in [-0.15, -0.1) is 0 Å². The molecule has 2 rings (SSSR count). The van der Waals surface area contributed by atoms with Crippen LogP contribution in [0.3, 0.4) is 0 Å². The monoisotopic (exact) mass is 365 g/mol. The van der Waals surface area contributed by atoms with E-state index in [0.717, 1.165) is 9.99 Å². The number of rotatable bonds is 2. The van der Waals surface area contributed by atoms with E-state index >= 15 is 0 Å². The van der Waals surface area contributed by atoms with Gasteiger partial charge >= 0.3 is 0 Å². The van der Waals surface area contributed by atoms with E-state index in [-0.39, 0.29) is 11.4 Å². The third kappa shape index (κ3) is 3.11. The summed E-state index contributed by atoms with van der Waals surface area (Å²) in [5.41, 5.74) is 0.355. The number of ether oxygens (including phenoxy) is 1. The Labute approximate surface area is 119 Å². The molecule has 0 saturated carbocycles. The molecule has 92 valence electrons. The zero-order chi connectivity index (χ0) is 12.5. The van der Waals surface area contributed by atoms with Crippen LogP contribution in [-0.4, -0.2) is 24.7 Å². The quantitative estimate of drug-likeness (QED) is 0.819. The molecule has 0 bridgehead atoms. The Morgan fingerprint density at radius 2 is 2.35 bits per heavy atom. The van der Waals surface area contributed by atoms with Crippen molar-refractivity contribution in [3.8, 4) is 0 Å². The molecule has 0 aliphatic carbocycles. The molecule has 1 aliphatic heterocycles. The number of hydrogen-bond donors (Lipinski definition) is 1. The number of hydrogen-bond acceptors (Lipinski definition) is 2. The fourth-order valence-corrected chi connectivity index (χ4v) is 2.53. The highest BCUT2D eigenvalue weighted by molar-refractivity contribution is 14.1. The van der Waals surface area contributed by atoms with Crippen LogP contribution in [0.2, 0.25) is 5.02 Å². The summed E-state index contributed by atoms with van der Waals surface area (Å²) in [6, 6.07) is 5.31. The first-order chi connectivity index (χ1) is 8.00. The summed E-state index contributed by atoms with van der Waals surface area (Å²) in [5, 5.41) is 3.58. The maximum atomic E-state index is 12.1. The van der Waals surface area contributed by atoms with Crippen LogP contribution in [0.1, 0.15) is 23.7 Å². The standard InChI is InChI=1S/C12H13ClINO2/c1-12(4-5-17-7-12)15-11(16)9-6-8(13)2-3-10(9)14/h2-3,6H,4-5,7H2,1H3,(H,15,16). The van der Waals surface area contributed by atoms with Crippen molar-refractivity contribution in [2.45, 2.75) is 18.9 Å². The summed E-state index contributed by atoms with van der Waals surface area (Å²) >= 11 is 8.04. The van der Waals surface area contributed by atoms with Crippen molar-refractivity contribution in [3.63, 3.8) is 0 Å². The molecule has 1 aromatic rings. The molecule has 1 unspecified atom stereocenters. The van der Waals surface area contributed by atoms with Crippen LogP contribution in [0, 0.1) is 3.57 Å². The first kappa shape index (κ1) is 13.1. The first-order valence-electron chi connectivity index (χ1n) is 5.35. The highest BCUT2D eigenvalue weighted by Crippen LogP contribution is 2.21. The number of amides is 1. The first-order valence-corrected chi connectivity index (χ1v) is 6.81. The molecule has 1 aliphatic rings. The molecule has 0 spiro atoms. The van der Waals surface area contributed by atoms with Crippen molar-refractivity contribution < 1.29 is 9.53 Å². The van der Waals surface area contributed by atoms with Crippen LogP contribution in [0.25, 0.3) is 0 Å². The van der Waals surface area contributed by atoms with Crippen LogP contribution in [-0.2, 0) is 4.74 Å². The van der Waals surface area contributed by atoms with Gasteiger partial charge in [0.2, 0.25) is 0 Å². The molecule has 1 heterocycles. The largest absolute Gasteiger partial charge is 0.379 e. The Balaban J connectivity index is 2.17. The minimum Gasteiger partial charge on any atom is -0.379 e. The lowest BCUT2D eigenvalue weighted by Crippen LogP contribution is -2.46. The van der Waals surface area contributed by atoms with E-state index in [1.54, 1.807) is 12.1 Å². The molecule has 3 nitrogen and oxygen atoms in total. The van der Waals surface area contributed by atoms with E-state index in [1.165, 1.54) is 0 Å². The topological polar surface area (TPSA) is 38.3 Å². The Kier molecular flexibility index (Phi) is 3.95. The second kappa shape index (κ2) is 5.12. The summed E-state index contributed by atoms with van der Waals surface area (Å²) in [6.45, 7) is 3.26. The number of benzene rings is 1. The van der Waals surface area contributed by atoms with E-state index < -0.39 is 0 Å². The molecular formula is C12H13ClINO2. The molecular weight excluding hydrogens is 352 g/mol. The third-order valence-corrected chi connectivity index (χ3v) is 3.98. The lowest BCUT2D eigenvalue weighted by atomic mass is 10.0. The fraction of sp³-hybridized carbons (Fsp3) is 0.417. The van der Waals surface area contributed by atoms with Crippen molar-refractivity contribution in [2.75, 3.05) is 13.2 Å². The Morgan fingerprint density at radius 1 is 1.59 bits per heavy atom. The van der Waals surface area contributed by atoms with Gasteiger partial charge < -0.3 is 10.1 Å². The summed E-state index contributed by atoms with van der Waals surface area (Å²) in [7, 11) is 0. The van der Waals surface area contributed by atoms with Crippen molar-refractivity contribution in [1.29, 1.82) is 0 Å².